The normalized spacial score (nSPS) is 12.1. The van der Waals surface area contributed by atoms with Crippen molar-refractivity contribution in [3.8, 4) is 22.3 Å². The Morgan fingerprint density at radius 1 is 0.176 bits per heavy atom. The third-order valence-electron chi connectivity index (χ3n) is 19.4. The van der Waals surface area contributed by atoms with Gasteiger partial charge < -0.3 is 4.42 Å². The van der Waals surface area contributed by atoms with E-state index in [1.54, 1.807) is 0 Å². The van der Waals surface area contributed by atoms with E-state index in [9.17, 15) is 0 Å². The lowest BCUT2D eigenvalue weighted by atomic mass is 9.57. The summed E-state index contributed by atoms with van der Waals surface area (Å²) >= 11 is 2.04. The van der Waals surface area contributed by atoms with Crippen LogP contribution in [-0.2, 0) is 0 Å². The van der Waals surface area contributed by atoms with E-state index < -0.39 is 0 Å². The minimum atomic E-state index is 1.03. The van der Waals surface area contributed by atoms with Gasteiger partial charge in [-0.1, -0.05) is 71.0 Å². The van der Waals surface area contributed by atoms with Gasteiger partial charge in [0.25, 0.3) is 0 Å². The molecule has 0 aliphatic rings. The highest BCUT2D eigenvalue weighted by molar-refractivity contribution is 7.28. The molecule has 0 aliphatic carbocycles. The average molecular weight is 860 g/mol. The second-order valence-corrected chi connectivity index (χ2v) is 22.8. The summed E-state index contributed by atoms with van der Waals surface area (Å²) in [5, 5.41) is 13.8. The number of furan rings is 1. The van der Waals surface area contributed by atoms with E-state index in [-0.39, 0.29) is 0 Å². The molecule has 0 spiro atoms. The fourth-order valence-electron chi connectivity index (χ4n) is 13.6. The van der Waals surface area contributed by atoms with Gasteiger partial charge in [0.15, 0.2) is 0 Å². The summed E-state index contributed by atoms with van der Waals surface area (Å²) in [6.45, 7) is 0. The van der Waals surface area contributed by atoms with E-state index in [2.05, 4.69) is 188 Å². The first-order valence-corrected chi connectivity index (χ1v) is 25.9. The highest BCUT2D eigenvalue weighted by Crippen LogP contribution is 2.44. The zero-order valence-corrected chi connectivity index (χ0v) is 46.6. The summed E-state index contributed by atoms with van der Waals surface area (Å²) in [6.07, 6.45) is 0. The van der Waals surface area contributed by atoms with Crippen molar-refractivity contribution in [2.24, 2.45) is 0 Å². The molecule has 0 saturated carbocycles. The lowest BCUT2D eigenvalue weighted by Crippen LogP contribution is -2.50. The molecule has 2 heterocycles. The molecule has 0 N–H and O–H groups in total. The molecule has 1 nitrogen and oxygen atoms in total. The first-order chi connectivity index (χ1) is 31.8. The smallest absolute Gasteiger partial charge is 0.145 e. The van der Waals surface area contributed by atoms with Gasteiger partial charge in [0.05, 0.1) is 0 Å². The highest BCUT2D eigenvalue weighted by Gasteiger charge is 2.32. The van der Waals surface area contributed by atoms with Crippen molar-refractivity contribution < 1.29 is 4.42 Å². The van der Waals surface area contributed by atoms with Crippen LogP contribution in [0.2, 0.25) is 0 Å². The molecule has 68 heavy (non-hydrogen) atoms. The molecule has 0 radical (unpaired) electrons. The summed E-state index contributed by atoms with van der Waals surface area (Å²) in [6, 6.07) is 0. The van der Waals surface area contributed by atoms with Crippen LogP contribution >= 0.6 is 11.3 Å². The Balaban J connectivity index is 1.50. The van der Waals surface area contributed by atoms with E-state index in [0.29, 0.717) is 0 Å². The molecule has 0 saturated heterocycles. The largest absolute Gasteiger partial charge is 0.457 e. The van der Waals surface area contributed by atoms with Gasteiger partial charge >= 0.3 is 0 Å². The Labute approximate surface area is 428 Å². The second-order valence-electron chi connectivity index (χ2n) is 21.8. The van der Waals surface area contributed by atoms with Crippen LogP contribution in [0.5, 0.6) is 0 Å². The summed E-state index contributed by atoms with van der Waals surface area (Å²) in [5.41, 5.74) is 40.5. The summed E-state index contributed by atoms with van der Waals surface area (Å²) in [7, 11) is 56.7. The van der Waals surface area contributed by atoms with Crippen LogP contribution in [0.3, 0.4) is 0 Å². The van der Waals surface area contributed by atoms with Gasteiger partial charge in [-0.2, -0.15) is 0 Å². The topological polar surface area (TPSA) is 13.1 Å². The molecule has 2 aromatic heterocycles. The summed E-state index contributed by atoms with van der Waals surface area (Å²) in [4.78, 5) is 0. The Hall–Kier alpha value is -3.88. The zero-order chi connectivity index (χ0) is 49.7. The number of thiophene rings is 1. The monoisotopic (exact) mass is 865 g/mol. The number of hydrogen-bond acceptors (Lipinski definition) is 2. The molecule has 0 atom stereocenters. The zero-order valence-electron chi connectivity index (χ0n) is 45.8. The molecule has 8 aromatic carbocycles. The summed E-state index contributed by atoms with van der Waals surface area (Å²) < 4.78 is 10.3. The number of benzene rings is 8. The predicted octanol–water partition coefficient (Wildman–Crippen LogP) is -29.1. The van der Waals surface area contributed by atoms with Crippen LogP contribution in [-0.4, -0.2) is 188 Å². The molecule has 0 fully saturated rings. The van der Waals surface area contributed by atoms with E-state index in [1.807, 2.05) is 11.3 Å². The van der Waals surface area contributed by atoms with Crippen molar-refractivity contribution in [1.29, 1.82) is 0 Å². The van der Waals surface area contributed by atoms with Crippen LogP contribution in [0.1, 0.15) is 0 Å². The Morgan fingerprint density at radius 3 is 0.897 bits per heavy atom. The predicted molar refractivity (Wildman–Crippen MR) is 386 cm³/mol. The molecule has 300 valence electrons. The Morgan fingerprint density at radius 2 is 0.456 bits per heavy atom. The molecule has 0 bridgehead atoms. The van der Waals surface area contributed by atoms with Gasteiger partial charge in [0, 0.05) is 20.2 Å². The maximum Gasteiger partial charge on any atom is 0.145 e. The fraction of sp³-hybridized carbons (Fsp3) is 0. The molecule has 0 aliphatic heterocycles. The lowest BCUT2D eigenvalue weighted by molar-refractivity contribution is 0.675. The molecule has 0 amide bonds. The molecule has 26 heteroatoms. The third kappa shape index (κ3) is 5.79. The van der Waals surface area contributed by atoms with Gasteiger partial charge in [-0.05, 0) is 76.3 Å². The van der Waals surface area contributed by atoms with Crippen LogP contribution in [0, 0.1) is 0 Å². The lowest BCUT2D eigenvalue weighted by Gasteiger charge is -2.30. The maximum atomic E-state index is 7.43. The number of hydrogen-bond donors (Lipinski definition) is 0. The maximum absolute atomic E-state index is 7.43. The quantitative estimate of drug-likeness (QED) is 0.125. The van der Waals surface area contributed by atoms with Gasteiger partial charge in [-0.25, -0.2) is 0 Å². The van der Waals surface area contributed by atoms with Crippen molar-refractivity contribution in [3.63, 3.8) is 0 Å². The van der Waals surface area contributed by atoms with Crippen molar-refractivity contribution in [2.75, 3.05) is 0 Å². The van der Waals surface area contributed by atoms with E-state index >= 15 is 0 Å². The van der Waals surface area contributed by atoms with Crippen LogP contribution < -0.4 is 131 Å². The molecular formula is C42H48B24OS. The Bertz CT molecular complexity index is 4050. The fourth-order valence-corrected chi connectivity index (χ4v) is 15.1. The van der Waals surface area contributed by atoms with Crippen molar-refractivity contribution in [3.05, 3.63) is 0 Å². The van der Waals surface area contributed by atoms with Crippen molar-refractivity contribution in [1.82, 2.24) is 0 Å². The molecule has 0 unspecified atom stereocenters. The van der Waals surface area contributed by atoms with Crippen LogP contribution in [0.4, 0.5) is 0 Å². The van der Waals surface area contributed by atoms with Crippen LogP contribution in [0.25, 0.3) is 96.7 Å². The standard InChI is InChI=1S/C42H48B24OS/c43-15-8-9(22(50)35(63)34(62)21(8)49)28(56)39-10(15)11-23(51)20(48)7(27(55)40(11)67-39)1-3-5(18(46)32(60)30(58)16(3)44)2(6-4(1)17(45)31(59)33(61)19(6)47)12-24(52)29(57)25(53)13-14-26(54)36(64)37(65)38(66)42(14)68-41(12)13/h43-66H2. The van der Waals surface area contributed by atoms with Gasteiger partial charge in [0.1, 0.15) is 199 Å². The van der Waals surface area contributed by atoms with E-state index in [0.717, 1.165) is 11.2 Å². The highest BCUT2D eigenvalue weighted by atomic mass is 32.1. The SMILES string of the molecule is Bc1c(B)c(B)c2c(sc3c(-c4c5c(B)c(B)c(B)c(B)c5c(-c5c(B)c(B)c6c(oc7c(B)c8c(B)c(B)c(B)c(B)c8c(B)c76)c5B)c5c(B)c(B)c(B)c(B)c45)c(B)c(B)c(B)c32)c1B. The molecule has 10 aromatic rings. The second kappa shape index (κ2) is 15.8. The first kappa shape index (κ1) is 47.8. The number of fused-ring (bicyclic) bond motifs is 9. The van der Waals surface area contributed by atoms with E-state index in [1.165, 1.54) is 217 Å². The van der Waals surface area contributed by atoms with Gasteiger partial charge in [-0.3, -0.25) is 0 Å². The molecule has 10 rings (SSSR count). The van der Waals surface area contributed by atoms with Gasteiger partial charge in [-0.15, -0.1) is 60.5 Å². The van der Waals surface area contributed by atoms with E-state index in [4.69, 9.17) is 4.42 Å². The minimum absolute atomic E-state index is 1.03. The van der Waals surface area contributed by atoms with Gasteiger partial charge in [0.2, 0.25) is 0 Å². The molecular weight excluding hydrogens is 812 g/mol. The van der Waals surface area contributed by atoms with Crippen LogP contribution in [0.15, 0.2) is 4.42 Å². The van der Waals surface area contributed by atoms with Crippen molar-refractivity contribution >= 4 is 405 Å². The summed E-state index contributed by atoms with van der Waals surface area (Å²) in [5.74, 6) is 0. The third-order valence-corrected chi connectivity index (χ3v) is 20.7. The van der Waals surface area contributed by atoms with Crippen molar-refractivity contribution in [2.45, 2.75) is 0 Å². The number of rotatable bonds is 2. The first-order valence-electron chi connectivity index (χ1n) is 25.1. The minimum Gasteiger partial charge on any atom is -0.457 e. The Kier molecular flexibility index (Phi) is 11.1. The average Bonchev–Trinajstić information content (AvgIpc) is 3.92.